The third kappa shape index (κ3) is 11.3. The van der Waals surface area contributed by atoms with Crippen LogP contribution in [0.2, 0.25) is 0 Å². The minimum absolute atomic E-state index is 0.0657. The van der Waals surface area contributed by atoms with Crippen LogP contribution in [0.15, 0.2) is 48.1 Å². The molecular formula is C35H48N10O5S. The number of aromatic nitrogens is 6. The fraction of sp³-hybridized carbons (Fsp3) is 0.486. The van der Waals surface area contributed by atoms with E-state index in [0.717, 1.165) is 11.4 Å². The monoisotopic (exact) mass is 720 g/mol. The normalized spacial score (nSPS) is 19.2. The molecule has 274 valence electrons. The molecule has 0 unspecified atom stereocenters. The van der Waals surface area contributed by atoms with E-state index in [4.69, 9.17) is 19.9 Å². The number of carbonyl (C=O) groups is 4. The topological polar surface area (TPSA) is 189 Å². The summed E-state index contributed by atoms with van der Waals surface area (Å²) in [5, 5.41) is 23.4. The number of hydrogen-bond donors (Lipinski definition) is 4. The van der Waals surface area contributed by atoms with E-state index in [9.17, 15) is 14.4 Å². The Bertz CT molecular complexity index is 1750. The molecule has 3 amide bonds. The number of fused-ring (bicyclic) bond motifs is 3. The Kier molecular flexibility index (Phi) is 14.0. The quantitative estimate of drug-likeness (QED) is 0.207. The molecule has 0 spiro atoms. The summed E-state index contributed by atoms with van der Waals surface area (Å²) >= 11 is 1.36. The zero-order chi connectivity index (χ0) is 37.1. The first-order valence-corrected chi connectivity index (χ1v) is 17.8. The number of carbonyl (C=O) groups excluding carboxylic acids is 3. The second-order valence-electron chi connectivity index (χ2n) is 13.4. The van der Waals surface area contributed by atoms with Crippen molar-refractivity contribution in [3.8, 4) is 0 Å². The molecule has 51 heavy (non-hydrogen) atoms. The molecule has 1 aliphatic heterocycles. The second kappa shape index (κ2) is 18.3. The predicted octanol–water partition coefficient (Wildman–Crippen LogP) is 3.05. The maximum absolute atomic E-state index is 13.7. The van der Waals surface area contributed by atoms with Gasteiger partial charge >= 0.3 is 0 Å². The van der Waals surface area contributed by atoms with Crippen molar-refractivity contribution in [3.63, 3.8) is 0 Å². The van der Waals surface area contributed by atoms with Crippen molar-refractivity contribution in [2.75, 3.05) is 13.1 Å². The molecule has 4 N–H and O–H groups in total. The van der Waals surface area contributed by atoms with Crippen LogP contribution in [-0.4, -0.2) is 82.6 Å². The van der Waals surface area contributed by atoms with Gasteiger partial charge in [0, 0.05) is 37.4 Å². The lowest BCUT2D eigenvalue weighted by Gasteiger charge is -2.30. The highest BCUT2D eigenvalue weighted by molar-refractivity contribution is 7.09. The lowest BCUT2D eigenvalue weighted by Crippen LogP contribution is -2.50. The van der Waals surface area contributed by atoms with Crippen LogP contribution in [-0.2, 0) is 40.9 Å². The lowest BCUT2D eigenvalue weighted by molar-refractivity contribution is -0.124. The maximum Gasteiger partial charge on any atom is 0.290 e. The highest BCUT2D eigenvalue weighted by atomic mass is 32.1. The number of imidazole rings is 1. The van der Waals surface area contributed by atoms with Crippen LogP contribution in [0.3, 0.4) is 0 Å². The van der Waals surface area contributed by atoms with E-state index in [-0.39, 0.29) is 66.9 Å². The third-order valence-electron chi connectivity index (χ3n) is 8.35. The molecule has 4 aromatic rings. The standard InChI is InChI=1S/C34H46N10O3S.CH2O2/c1-21(2)14-26-34-40-28(20-48-34)33(47)39-25(15-24-10-8-7-9-11-24)32-36-23(5)41-44(32)19-31(46)38-27(22(3)4)16-43(18-30(45)37-26)17-29-35-12-13-42(29)6;2-1-3/h7-13,20-22,25-27H,14-19H2,1-6H3,(H,37,45)(H,38,46)(H,39,47);1H,(H,2,3)/t25-,26-,27+;/m0./s1. The Hall–Kier alpha value is -4.96. The molecule has 5 rings (SSSR count). The molecule has 3 aromatic heterocycles. The number of amides is 3. The maximum atomic E-state index is 13.7. The van der Waals surface area contributed by atoms with Crippen molar-refractivity contribution in [2.24, 2.45) is 18.9 Å². The molecule has 0 saturated carbocycles. The summed E-state index contributed by atoms with van der Waals surface area (Å²) in [6, 6.07) is 8.58. The zero-order valence-corrected chi connectivity index (χ0v) is 30.8. The summed E-state index contributed by atoms with van der Waals surface area (Å²) in [4.78, 5) is 65.4. The van der Waals surface area contributed by atoms with Gasteiger partial charge in [-0.3, -0.25) is 24.1 Å². The van der Waals surface area contributed by atoms with E-state index in [2.05, 4.69) is 39.9 Å². The number of nitrogens with zero attached hydrogens (tertiary/aromatic N) is 7. The largest absolute Gasteiger partial charge is 0.483 e. The van der Waals surface area contributed by atoms with Gasteiger partial charge in [-0.15, -0.1) is 11.3 Å². The van der Waals surface area contributed by atoms with Crippen molar-refractivity contribution >= 4 is 35.5 Å². The number of benzene rings is 1. The third-order valence-corrected chi connectivity index (χ3v) is 9.31. The molecule has 0 saturated heterocycles. The van der Waals surface area contributed by atoms with Gasteiger partial charge in [-0.25, -0.2) is 19.6 Å². The summed E-state index contributed by atoms with van der Waals surface area (Å²) in [5.41, 5.74) is 1.25. The van der Waals surface area contributed by atoms with Crippen molar-refractivity contribution in [1.29, 1.82) is 0 Å². The number of thiazole rings is 1. The van der Waals surface area contributed by atoms with Crippen LogP contribution in [0, 0.1) is 18.8 Å². The summed E-state index contributed by atoms with van der Waals surface area (Å²) < 4.78 is 3.50. The Labute approximate surface area is 301 Å². The average molecular weight is 721 g/mol. The van der Waals surface area contributed by atoms with Crippen LogP contribution in [0.5, 0.6) is 0 Å². The summed E-state index contributed by atoms with van der Waals surface area (Å²) in [6.45, 7) is 10.6. The minimum Gasteiger partial charge on any atom is -0.483 e. The van der Waals surface area contributed by atoms with Crippen LogP contribution < -0.4 is 16.0 Å². The van der Waals surface area contributed by atoms with Gasteiger partial charge in [-0.1, -0.05) is 58.0 Å². The molecule has 2 bridgehead atoms. The summed E-state index contributed by atoms with van der Waals surface area (Å²) in [5.74, 6) is 1.34. The van der Waals surface area contributed by atoms with Gasteiger partial charge < -0.3 is 25.6 Å². The Morgan fingerprint density at radius 1 is 1.00 bits per heavy atom. The predicted molar refractivity (Wildman–Crippen MR) is 192 cm³/mol. The van der Waals surface area contributed by atoms with Crippen LogP contribution in [0.4, 0.5) is 0 Å². The van der Waals surface area contributed by atoms with E-state index in [1.807, 2.05) is 66.9 Å². The van der Waals surface area contributed by atoms with Crippen molar-refractivity contribution in [3.05, 3.63) is 81.8 Å². The van der Waals surface area contributed by atoms with Crippen molar-refractivity contribution in [2.45, 2.75) is 78.7 Å². The van der Waals surface area contributed by atoms with Gasteiger partial charge in [-0.05, 0) is 37.2 Å². The molecule has 16 heteroatoms. The smallest absolute Gasteiger partial charge is 0.290 e. The number of nitrogens with one attached hydrogen (secondary N) is 3. The molecular weight excluding hydrogens is 673 g/mol. The van der Waals surface area contributed by atoms with Gasteiger partial charge in [0.2, 0.25) is 11.8 Å². The zero-order valence-electron chi connectivity index (χ0n) is 29.9. The van der Waals surface area contributed by atoms with Gasteiger partial charge in [0.1, 0.15) is 28.9 Å². The SMILES string of the molecule is Cc1nc2n(n1)CC(=O)N[C@@H](C(C)C)CN(Cc1nccn1C)CC(=O)N[C@@H](CC(C)C)c1nc(cs1)C(=O)N[C@H]2Cc1ccccc1.O=CO. The van der Waals surface area contributed by atoms with E-state index in [1.165, 1.54) is 11.3 Å². The molecule has 3 atom stereocenters. The Balaban J connectivity index is 0.00000188. The van der Waals surface area contributed by atoms with Gasteiger partial charge in [0.05, 0.1) is 25.2 Å². The van der Waals surface area contributed by atoms with Crippen LogP contribution in [0.1, 0.15) is 84.7 Å². The molecule has 4 heterocycles. The number of rotatable bonds is 7. The molecule has 1 aromatic carbocycles. The number of hydrogen-bond acceptors (Lipinski definition) is 10. The molecule has 0 radical (unpaired) electrons. The molecule has 0 aliphatic carbocycles. The average Bonchev–Trinajstić information content (AvgIpc) is 3.80. The van der Waals surface area contributed by atoms with Crippen LogP contribution in [0.25, 0.3) is 0 Å². The highest BCUT2D eigenvalue weighted by Gasteiger charge is 2.29. The molecule has 1 aliphatic rings. The number of aryl methyl sites for hydroxylation is 2. The first-order valence-electron chi connectivity index (χ1n) is 16.9. The minimum atomic E-state index is -0.585. The fourth-order valence-electron chi connectivity index (χ4n) is 5.85. The van der Waals surface area contributed by atoms with E-state index in [0.29, 0.717) is 42.6 Å². The van der Waals surface area contributed by atoms with Gasteiger partial charge in [0.15, 0.2) is 5.82 Å². The fourth-order valence-corrected chi connectivity index (χ4v) is 6.71. The van der Waals surface area contributed by atoms with Crippen molar-refractivity contribution in [1.82, 2.24) is 50.1 Å². The summed E-state index contributed by atoms with van der Waals surface area (Å²) in [6.07, 6.45) is 4.70. The molecule has 15 nitrogen and oxygen atoms in total. The van der Waals surface area contributed by atoms with Gasteiger partial charge in [-0.2, -0.15) is 5.10 Å². The van der Waals surface area contributed by atoms with E-state index < -0.39 is 6.04 Å². The van der Waals surface area contributed by atoms with Gasteiger partial charge in [0.25, 0.3) is 12.4 Å². The second-order valence-corrected chi connectivity index (χ2v) is 14.2. The number of carboxylic acid groups (broad SMARTS) is 1. The van der Waals surface area contributed by atoms with Crippen LogP contribution >= 0.6 is 11.3 Å². The molecule has 0 fully saturated rings. The van der Waals surface area contributed by atoms with E-state index >= 15 is 0 Å². The summed E-state index contributed by atoms with van der Waals surface area (Å²) in [7, 11) is 1.92. The lowest BCUT2D eigenvalue weighted by atomic mass is 10.0. The first kappa shape index (κ1) is 38.8. The Morgan fingerprint density at radius 2 is 1.71 bits per heavy atom. The Morgan fingerprint density at radius 3 is 2.35 bits per heavy atom. The van der Waals surface area contributed by atoms with Crippen molar-refractivity contribution < 1.29 is 24.3 Å². The first-order chi connectivity index (χ1) is 24.4. The van der Waals surface area contributed by atoms with E-state index in [1.54, 1.807) is 23.2 Å². The highest BCUT2D eigenvalue weighted by Crippen LogP contribution is 2.26.